The van der Waals surface area contributed by atoms with Gasteiger partial charge < -0.3 is 5.32 Å². The highest BCUT2D eigenvalue weighted by Gasteiger charge is 2.40. The molecule has 0 radical (unpaired) electrons. The topological polar surface area (TPSA) is 58.2 Å². The molecule has 1 aliphatic rings. The maximum atomic E-state index is 11.6. The van der Waals surface area contributed by atoms with Gasteiger partial charge in [-0.2, -0.15) is 0 Å². The molecule has 2 rings (SSSR count). The third-order valence-electron chi connectivity index (χ3n) is 3.35. The van der Waals surface area contributed by atoms with E-state index in [9.17, 15) is 9.59 Å². The van der Waals surface area contributed by atoms with Crippen LogP contribution in [-0.2, 0) is 11.2 Å². The number of carbonyl (C=O) groups excluding carboxylic acids is 2. The Morgan fingerprint density at radius 1 is 1.11 bits per heavy atom. The number of unbranched alkanes of at least 4 members (excludes halogenated alkanes) is 1. The lowest BCUT2D eigenvalue weighted by Crippen LogP contribution is -2.43. The largest absolute Gasteiger partial charge is 0.324 e. The fraction of sp³-hybridized carbons (Fsp3) is 0.429. The van der Waals surface area contributed by atoms with Gasteiger partial charge in [-0.1, -0.05) is 36.8 Å². The van der Waals surface area contributed by atoms with Crippen LogP contribution in [-0.4, -0.2) is 17.5 Å². The van der Waals surface area contributed by atoms with Gasteiger partial charge in [-0.05, 0) is 31.7 Å². The van der Waals surface area contributed by atoms with Gasteiger partial charge in [0.25, 0.3) is 5.91 Å². The average molecular weight is 246 g/mol. The van der Waals surface area contributed by atoms with E-state index in [1.807, 2.05) is 18.2 Å². The van der Waals surface area contributed by atoms with Crippen LogP contribution in [0.4, 0.5) is 4.79 Å². The quantitative estimate of drug-likeness (QED) is 0.616. The Kier molecular flexibility index (Phi) is 3.65. The number of hydrogen-bond acceptors (Lipinski definition) is 2. The monoisotopic (exact) mass is 246 g/mol. The van der Waals surface area contributed by atoms with E-state index in [0.717, 1.165) is 19.3 Å². The lowest BCUT2D eigenvalue weighted by molar-refractivity contribution is -0.123. The molecule has 0 aromatic heterocycles. The van der Waals surface area contributed by atoms with Crippen molar-refractivity contribution in [1.29, 1.82) is 0 Å². The molecule has 1 aromatic rings. The number of carbonyl (C=O) groups is 2. The molecule has 18 heavy (non-hydrogen) atoms. The first-order chi connectivity index (χ1) is 8.60. The highest BCUT2D eigenvalue weighted by Crippen LogP contribution is 2.18. The van der Waals surface area contributed by atoms with Gasteiger partial charge in [0.1, 0.15) is 5.54 Å². The summed E-state index contributed by atoms with van der Waals surface area (Å²) >= 11 is 0. The van der Waals surface area contributed by atoms with Crippen LogP contribution in [0.25, 0.3) is 0 Å². The zero-order chi connectivity index (χ0) is 13.0. The molecular weight excluding hydrogens is 228 g/mol. The van der Waals surface area contributed by atoms with Crippen LogP contribution in [0.1, 0.15) is 31.7 Å². The normalized spacial score (nSPS) is 22.7. The fourth-order valence-electron chi connectivity index (χ4n) is 2.21. The van der Waals surface area contributed by atoms with E-state index < -0.39 is 5.54 Å². The molecule has 1 atom stereocenters. The summed E-state index contributed by atoms with van der Waals surface area (Å²) in [6.07, 6.45) is 3.62. The minimum absolute atomic E-state index is 0.216. The van der Waals surface area contributed by atoms with Gasteiger partial charge in [0.15, 0.2) is 0 Å². The van der Waals surface area contributed by atoms with Gasteiger partial charge in [-0.3, -0.25) is 10.1 Å². The summed E-state index contributed by atoms with van der Waals surface area (Å²) in [5.74, 6) is -0.216. The SMILES string of the molecule is C[C@]1(CCCCc2ccccc2)NC(=O)NC1=O. The van der Waals surface area contributed by atoms with Crippen molar-refractivity contribution >= 4 is 11.9 Å². The molecule has 1 aromatic carbocycles. The van der Waals surface area contributed by atoms with Crippen molar-refractivity contribution in [3.63, 3.8) is 0 Å². The second-order valence-electron chi connectivity index (χ2n) is 4.93. The summed E-state index contributed by atoms with van der Waals surface area (Å²) < 4.78 is 0. The molecule has 0 aliphatic carbocycles. The number of hydrogen-bond donors (Lipinski definition) is 2. The number of amides is 3. The molecule has 3 amide bonds. The van der Waals surface area contributed by atoms with Crippen molar-refractivity contribution < 1.29 is 9.59 Å². The first-order valence-electron chi connectivity index (χ1n) is 6.28. The molecule has 0 unspecified atom stereocenters. The summed E-state index contributed by atoms with van der Waals surface area (Å²) in [5, 5.41) is 4.96. The number of aryl methyl sites for hydroxylation is 1. The van der Waals surface area contributed by atoms with Crippen molar-refractivity contribution in [3.05, 3.63) is 35.9 Å². The Bertz CT molecular complexity index is 444. The average Bonchev–Trinajstić information content (AvgIpc) is 2.60. The van der Waals surface area contributed by atoms with Crippen LogP contribution in [0.2, 0.25) is 0 Å². The standard InChI is InChI=1S/C14H18N2O2/c1-14(12(17)15-13(18)16-14)10-6-5-9-11-7-3-2-4-8-11/h2-4,7-8H,5-6,9-10H2,1H3,(H2,15,16,17,18)/t14-/m1/s1. The Hall–Kier alpha value is -1.84. The van der Waals surface area contributed by atoms with Crippen molar-refractivity contribution in [2.45, 2.75) is 38.1 Å². The van der Waals surface area contributed by atoms with Crippen LogP contribution >= 0.6 is 0 Å². The fourth-order valence-corrected chi connectivity index (χ4v) is 2.21. The van der Waals surface area contributed by atoms with E-state index in [-0.39, 0.29) is 11.9 Å². The molecule has 2 N–H and O–H groups in total. The van der Waals surface area contributed by atoms with Crippen molar-refractivity contribution in [2.75, 3.05) is 0 Å². The second kappa shape index (κ2) is 5.21. The predicted molar refractivity (Wildman–Crippen MR) is 69.1 cm³/mol. The maximum Gasteiger partial charge on any atom is 0.322 e. The molecule has 0 spiro atoms. The van der Waals surface area contributed by atoms with Crippen LogP contribution in [0.5, 0.6) is 0 Å². The predicted octanol–water partition coefficient (Wildman–Crippen LogP) is 2.00. The summed E-state index contributed by atoms with van der Waals surface area (Å²) in [6.45, 7) is 1.77. The minimum atomic E-state index is -0.728. The molecule has 4 heteroatoms. The highest BCUT2D eigenvalue weighted by molar-refractivity contribution is 6.06. The van der Waals surface area contributed by atoms with Gasteiger partial charge in [-0.25, -0.2) is 4.79 Å². The summed E-state index contributed by atoms with van der Waals surface area (Å²) in [6, 6.07) is 9.88. The van der Waals surface area contributed by atoms with E-state index in [0.29, 0.717) is 6.42 Å². The van der Waals surface area contributed by atoms with E-state index in [2.05, 4.69) is 22.8 Å². The zero-order valence-electron chi connectivity index (χ0n) is 10.5. The van der Waals surface area contributed by atoms with Crippen LogP contribution in [0.15, 0.2) is 30.3 Å². The molecule has 1 heterocycles. The van der Waals surface area contributed by atoms with Gasteiger partial charge in [0.05, 0.1) is 0 Å². The molecule has 0 bridgehead atoms. The van der Waals surface area contributed by atoms with Crippen molar-refractivity contribution in [3.8, 4) is 0 Å². The molecular formula is C14H18N2O2. The minimum Gasteiger partial charge on any atom is -0.324 e. The number of benzene rings is 1. The lowest BCUT2D eigenvalue weighted by Gasteiger charge is -2.19. The zero-order valence-corrected chi connectivity index (χ0v) is 10.5. The summed E-state index contributed by atoms with van der Waals surface area (Å²) in [4.78, 5) is 22.7. The van der Waals surface area contributed by atoms with Crippen LogP contribution < -0.4 is 10.6 Å². The van der Waals surface area contributed by atoms with Crippen molar-refractivity contribution in [1.82, 2.24) is 10.6 Å². The van der Waals surface area contributed by atoms with E-state index in [4.69, 9.17) is 0 Å². The van der Waals surface area contributed by atoms with E-state index >= 15 is 0 Å². The highest BCUT2D eigenvalue weighted by atomic mass is 16.2. The Morgan fingerprint density at radius 3 is 2.44 bits per heavy atom. The molecule has 4 nitrogen and oxygen atoms in total. The number of urea groups is 1. The Balaban J connectivity index is 1.76. The molecule has 1 saturated heterocycles. The molecule has 1 fully saturated rings. The van der Waals surface area contributed by atoms with Crippen LogP contribution in [0, 0.1) is 0 Å². The number of nitrogens with one attached hydrogen (secondary N) is 2. The summed E-state index contributed by atoms with van der Waals surface area (Å²) in [5.41, 5.74) is 0.580. The first-order valence-corrected chi connectivity index (χ1v) is 6.28. The van der Waals surface area contributed by atoms with Gasteiger partial charge >= 0.3 is 6.03 Å². The smallest absolute Gasteiger partial charge is 0.322 e. The number of rotatable bonds is 5. The van der Waals surface area contributed by atoms with E-state index in [1.54, 1.807) is 6.92 Å². The molecule has 1 aliphatic heterocycles. The van der Waals surface area contributed by atoms with Gasteiger partial charge in [0.2, 0.25) is 0 Å². The Labute approximate surface area is 107 Å². The van der Waals surface area contributed by atoms with E-state index in [1.165, 1.54) is 5.56 Å². The molecule has 0 saturated carbocycles. The van der Waals surface area contributed by atoms with Gasteiger partial charge in [-0.15, -0.1) is 0 Å². The summed E-state index contributed by atoms with van der Waals surface area (Å²) in [7, 11) is 0. The second-order valence-corrected chi connectivity index (χ2v) is 4.93. The third-order valence-corrected chi connectivity index (χ3v) is 3.35. The van der Waals surface area contributed by atoms with Crippen LogP contribution in [0.3, 0.4) is 0 Å². The van der Waals surface area contributed by atoms with Gasteiger partial charge in [0, 0.05) is 0 Å². The lowest BCUT2D eigenvalue weighted by atomic mass is 9.94. The number of imide groups is 1. The maximum absolute atomic E-state index is 11.6. The molecule has 96 valence electrons. The Morgan fingerprint density at radius 2 is 1.83 bits per heavy atom. The first kappa shape index (κ1) is 12.6. The van der Waals surface area contributed by atoms with Crippen molar-refractivity contribution in [2.24, 2.45) is 0 Å². The third kappa shape index (κ3) is 2.88.